The van der Waals surface area contributed by atoms with E-state index >= 15 is 0 Å². The van der Waals surface area contributed by atoms with Gasteiger partial charge >= 0.3 is 5.97 Å². The first kappa shape index (κ1) is 40.5. The number of fused-ring (bicyclic) bond motifs is 4. The molecular formula is C33H35N9O10S2. The fraction of sp³-hybridized carbons (Fsp3) is 0.182. The lowest BCUT2D eigenvalue weighted by atomic mass is 9.89. The molecule has 0 atom stereocenters. The van der Waals surface area contributed by atoms with Crippen LogP contribution in [0.3, 0.4) is 0 Å². The third-order valence-electron chi connectivity index (χ3n) is 8.47. The van der Waals surface area contributed by atoms with Crippen molar-refractivity contribution < 1.29 is 45.9 Å². The van der Waals surface area contributed by atoms with Crippen molar-refractivity contribution in [2.75, 3.05) is 25.0 Å². The molecule has 284 valence electrons. The summed E-state index contributed by atoms with van der Waals surface area (Å²) in [7, 11) is -10.1. The van der Waals surface area contributed by atoms with Crippen molar-refractivity contribution in [2.45, 2.75) is 30.6 Å². The molecule has 0 unspecified atom stereocenters. The number of hydrogen-bond acceptors (Lipinski definition) is 13. The lowest BCUT2D eigenvalue weighted by Gasteiger charge is -2.20. The van der Waals surface area contributed by atoms with Crippen LogP contribution in [0.25, 0.3) is 21.9 Å². The second-order valence-corrected chi connectivity index (χ2v) is 15.0. The van der Waals surface area contributed by atoms with Crippen molar-refractivity contribution in [3.05, 3.63) is 76.3 Å². The number of anilines is 2. The molecule has 1 aliphatic rings. The largest absolute Gasteiger partial charge is 0.478 e. The molecule has 0 radical (unpaired) electrons. The molecule has 54 heavy (non-hydrogen) atoms. The Morgan fingerprint density at radius 2 is 1.24 bits per heavy atom. The van der Waals surface area contributed by atoms with Crippen LogP contribution in [0.1, 0.15) is 72.6 Å². The van der Waals surface area contributed by atoms with Gasteiger partial charge in [0.1, 0.15) is 10.5 Å². The first-order valence-corrected chi connectivity index (χ1v) is 18.8. The number of aromatic carboxylic acids is 1. The van der Waals surface area contributed by atoms with E-state index in [9.17, 15) is 45.9 Å². The van der Waals surface area contributed by atoms with Gasteiger partial charge < -0.3 is 38.3 Å². The lowest BCUT2D eigenvalue weighted by Crippen LogP contribution is -2.30. The zero-order chi connectivity index (χ0) is 40.4. The van der Waals surface area contributed by atoms with Gasteiger partial charge in [0.15, 0.2) is 0 Å². The Bertz CT molecular complexity index is 2510. The highest BCUT2D eigenvalue weighted by molar-refractivity contribution is 8.05. The Morgan fingerprint density at radius 3 is 1.70 bits per heavy atom. The Morgan fingerprint density at radius 1 is 0.704 bits per heavy atom. The number of hydrogen-bond donors (Lipinski definition) is 8. The third kappa shape index (κ3) is 7.45. The van der Waals surface area contributed by atoms with Crippen LogP contribution in [0.2, 0.25) is 0 Å². The van der Waals surface area contributed by atoms with Gasteiger partial charge in [-0.1, -0.05) is 32.9 Å². The number of nitrogens with one attached hydrogen (secondary N) is 3. The van der Waals surface area contributed by atoms with Crippen molar-refractivity contribution in [1.29, 1.82) is 5.53 Å². The number of amides is 4. The van der Waals surface area contributed by atoms with Crippen molar-refractivity contribution in [3.63, 3.8) is 0 Å². The summed E-state index contributed by atoms with van der Waals surface area (Å²) < 4.78 is 54.7. The van der Waals surface area contributed by atoms with Crippen LogP contribution >= 0.6 is 0 Å². The minimum absolute atomic E-state index is 0.151. The van der Waals surface area contributed by atoms with E-state index in [1.807, 2.05) is 0 Å². The van der Waals surface area contributed by atoms with Crippen LogP contribution < -0.4 is 32.4 Å². The number of carboxylic acids is 1. The summed E-state index contributed by atoms with van der Waals surface area (Å²) in [5, 5.41) is 15.2. The topological polar surface area (TPSA) is 341 Å². The highest BCUT2D eigenvalue weighted by Gasteiger charge is 2.39. The van der Waals surface area contributed by atoms with Gasteiger partial charge in [0.25, 0.3) is 26.0 Å². The van der Waals surface area contributed by atoms with Gasteiger partial charge in [-0.3, -0.25) is 19.2 Å². The van der Waals surface area contributed by atoms with Crippen molar-refractivity contribution >= 4 is 77.5 Å². The van der Waals surface area contributed by atoms with Gasteiger partial charge in [0.2, 0.25) is 17.7 Å². The molecule has 1 heterocycles. The third-order valence-corrected chi connectivity index (χ3v) is 12.1. The molecule has 4 amide bonds. The van der Waals surface area contributed by atoms with Gasteiger partial charge in [0.05, 0.1) is 27.5 Å². The quantitative estimate of drug-likeness (QED) is 0.102. The molecule has 5 rings (SSSR count). The molecule has 4 aromatic rings. The summed E-state index contributed by atoms with van der Waals surface area (Å²) in [6, 6.07) is 8.36. The molecule has 0 aliphatic carbocycles. The molecule has 0 fully saturated rings. The molecule has 21 heteroatoms. The van der Waals surface area contributed by atoms with Crippen LogP contribution in [0, 0.1) is 5.53 Å². The lowest BCUT2D eigenvalue weighted by molar-refractivity contribution is 0.0692. The van der Waals surface area contributed by atoms with E-state index < -0.39 is 98.5 Å². The van der Waals surface area contributed by atoms with Gasteiger partial charge in [-0.25, -0.2) is 27.2 Å². The molecule has 0 saturated carbocycles. The predicted octanol–water partition coefficient (Wildman–Crippen LogP) is 2.34. The number of sulfonamides is 2. The summed E-state index contributed by atoms with van der Waals surface area (Å²) in [5.41, 5.74) is 24.7. The molecule has 19 nitrogen and oxygen atoms in total. The van der Waals surface area contributed by atoms with Gasteiger partial charge in [-0.05, 0) is 56.0 Å². The van der Waals surface area contributed by atoms with Gasteiger partial charge in [-0.15, -0.1) is 4.13 Å². The Balaban J connectivity index is 0.000000845. The maximum Gasteiger partial charge on any atom is 0.339 e. The zero-order valence-electron chi connectivity index (χ0n) is 28.9. The number of carbonyl (C=O) groups excluding carboxylic acids is 4. The fourth-order valence-corrected chi connectivity index (χ4v) is 9.51. The van der Waals surface area contributed by atoms with E-state index in [0.717, 1.165) is 42.5 Å². The SMILES string of the molecule is CCN(CC)CC.N=Nc1ccc2c(c1)S(=O)(=O)NS(=O)(=O)c1c-2ccc(Nc2cc(C(N)=O)c3c(C(N)=O)ccc(C(N)=O)c3c2C(N)=O)c1C(=O)O. The average molecular weight is 782 g/mol. The number of rotatable bonds is 11. The van der Waals surface area contributed by atoms with Crippen LogP contribution in [-0.4, -0.2) is 76.1 Å². The molecule has 1 aliphatic heterocycles. The van der Waals surface area contributed by atoms with Crippen LogP contribution in [0.4, 0.5) is 17.1 Å². The first-order valence-electron chi connectivity index (χ1n) is 15.8. The van der Waals surface area contributed by atoms with Crippen molar-refractivity contribution in [1.82, 2.24) is 9.03 Å². The van der Waals surface area contributed by atoms with Gasteiger partial charge in [0, 0.05) is 38.6 Å². The van der Waals surface area contributed by atoms with Crippen molar-refractivity contribution in [2.24, 2.45) is 28.0 Å². The van der Waals surface area contributed by atoms with Crippen LogP contribution in [0.15, 0.2) is 63.4 Å². The summed E-state index contributed by atoms with van der Waals surface area (Å²) in [4.78, 5) is 63.7. The summed E-state index contributed by atoms with van der Waals surface area (Å²) in [6.07, 6.45) is 0. The second kappa shape index (κ2) is 15.4. The van der Waals surface area contributed by atoms with Gasteiger partial charge in [-0.2, -0.15) is 5.11 Å². The predicted molar refractivity (Wildman–Crippen MR) is 196 cm³/mol. The van der Waals surface area contributed by atoms with E-state index in [4.69, 9.17) is 28.5 Å². The second-order valence-electron chi connectivity index (χ2n) is 11.5. The number of benzene rings is 4. The Kier molecular flexibility index (Phi) is 11.5. The van der Waals surface area contributed by atoms with Crippen LogP contribution in [0.5, 0.6) is 0 Å². The number of nitrogens with zero attached hydrogens (tertiary/aromatic N) is 2. The van der Waals surface area contributed by atoms with Crippen LogP contribution in [-0.2, 0) is 20.0 Å². The highest BCUT2D eigenvalue weighted by Crippen LogP contribution is 2.43. The molecule has 4 aromatic carbocycles. The Labute approximate surface area is 308 Å². The summed E-state index contributed by atoms with van der Waals surface area (Å²) in [6.45, 7) is 10.1. The first-order chi connectivity index (χ1) is 25.3. The molecule has 0 spiro atoms. The van der Waals surface area contributed by atoms with E-state index in [2.05, 4.69) is 36.1 Å². The monoisotopic (exact) mass is 781 g/mol. The number of carboxylic acid groups (broad SMARTS) is 1. The molecule has 0 bridgehead atoms. The summed E-state index contributed by atoms with van der Waals surface area (Å²) >= 11 is 0. The standard InChI is InChI=1S/C27H20N8O10S2.C6H15N/c28-23(36)12-3-4-13(24(29)37)19-18(12)14(25(30)38)8-16(20(19)26(31)39)33-15-6-5-11-10-2-1-9(34-32)7-17(10)46(42,43)35-47(44,45)22(11)21(15)27(40)41;1-4-7(5-2)6-3/h1-8,32-33,35H,(H2,28,36)(H2,29,37)(H2,30,38)(H2,31,39)(H,40,41);4-6H2,1-3H3. The maximum absolute atomic E-state index is 13.5. The number of nitrogens with two attached hydrogens (primary N) is 4. The number of primary amides is 4. The van der Waals surface area contributed by atoms with E-state index in [1.54, 1.807) is 0 Å². The Hall–Kier alpha value is -6.29. The minimum Gasteiger partial charge on any atom is -0.478 e. The fourth-order valence-electron chi connectivity index (χ4n) is 5.99. The normalized spacial score (nSPS) is 13.7. The molecule has 12 N–H and O–H groups in total. The maximum atomic E-state index is 13.5. The van der Waals surface area contributed by atoms with E-state index in [0.29, 0.717) is 0 Å². The summed E-state index contributed by atoms with van der Waals surface area (Å²) in [5.74, 6) is -6.62. The van der Waals surface area contributed by atoms with E-state index in [1.165, 1.54) is 29.8 Å². The van der Waals surface area contributed by atoms with E-state index in [-0.39, 0.29) is 27.8 Å². The average Bonchev–Trinajstić information content (AvgIpc) is 3.16. The number of carbonyl (C=O) groups is 5. The zero-order valence-corrected chi connectivity index (χ0v) is 30.5. The smallest absolute Gasteiger partial charge is 0.339 e. The van der Waals surface area contributed by atoms with Crippen molar-refractivity contribution in [3.8, 4) is 11.1 Å². The highest BCUT2D eigenvalue weighted by atomic mass is 32.3. The minimum atomic E-state index is -5.19. The molecule has 0 aromatic heterocycles. The molecule has 0 saturated heterocycles. The molecular weight excluding hydrogens is 747 g/mol.